The van der Waals surface area contributed by atoms with Crippen molar-refractivity contribution in [1.29, 1.82) is 0 Å². The summed E-state index contributed by atoms with van der Waals surface area (Å²) in [6.07, 6.45) is 5.57. The Bertz CT molecular complexity index is 997. The van der Waals surface area contributed by atoms with Gasteiger partial charge in [-0.15, -0.1) is 0 Å². The first kappa shape index (κ1) is 18.1. The van der Waals surface area contributed by atoms with Crippen molar-refractivity contribution in [3.8, 4) is 11.4 Å². The molecule has 3 heterocycles. The van der Waals surface area contributed by atoms with Crippen LogP contribution in [0.3, 0.4) is 0 Å². The summed E-state index contributed by atoms with van der Waals surface area (Å²) < 4.78 is 1.62. The van der Waals surface area contributed by atoms with E-state index in [1.54, 1.807) is 24.0 Å². The predicted octanol–water partition coefficient (Wildman–Crippen LogP) is 2.43. The molecule has 0 spiro atoms. The maximum atomic E-state index is 12.2. The normalized spacial score (nSPS) is 12.6. The molecule has 0 unspecified atom stereocenters. The quantitative estimate of drug-likeness (QED) is 0.712. The Balaban J connectivity index is 1.33. The fourth-order valence-corrected chi connectivity index (χ4v) is 3.47. The molecule has 2 N–H and O–H groups in total. The van der Waals surface area contributed by atoms with Crippen LogP contribution in [-0.2, 0) is 26.3 Å². The number of hydrogen-bond acceptors (Lipinski definition) is 5. The van der Waals surface area contributed by atoms with E-state index in [9.17, 15) is 4.79 Å². The molecule has 0 radical (unpaired) electrons. The lowest BCUT2D eigenvalue weighted by molar-refractivity contribution is 0.252. The van der Waals surface area contributed by atoms with E-state index in [0.29, 0.717) is 24.5 Å². The highest BCUT2D eigenvalue weighted by Crippen LogP contribution is 2.22. The molecule has 4 rings (SSSR count). The zero-order valence-corrected chi connectivity index (χ0v) is 16.1. The molecule has 8 nitrogen and oxygen atoms in total. The molecule has 0 aromatic carbocycles. The van der Waals surface area contributed by atoms with E-state index in [1.165, 1.54) is 11.3 Å². The number of fused-ring (bicyclic) bond motifs is 1. The number of hydrogen-bond donors (Lipinski definition) is 2. The van der Waals surface area contributed by atoms with Crippen LogP contribution in [0.25, 0.3) is 11.4 Å². The number of amides is 2. The van der Waals surface area contributed by atoms with E-state index in [-0.39, 0.29) is 6.03 Å². The Morgan fingerprint density at radius 1 is 1.21 bits per heavy atom. The molecule has 3 aromatic rings. The van der Waals surface area contributed by atoms with Gasteiger partial charge in [0.15, 0.2) is 0 Å². The predicted molar refractivity (Wildman–Crippen MR) is 106 cm³/mol. The standard InChI is InChI=1S/C20H23N7O/c1-13-14-6-5-8-15(14)24-18(23-13)9-11-22-20(28)25-19-12-17(26-27(19)2)16-7-3-4-10-21-16/h3-4,7,10,12H,5-6,8-9,11H2,1-2H3,(H2,22,25,28). The van der Waals surface area contributed by atoms with Crippen LogP contribution < -0.4 is 10.6 Å². The molecule has 144 valence electrons. The second-order valence-corrected chi connectivity index (χ2v) is 6.89. The van der Waals surface area contributed by atoms with Gasteiger partial charge in [-0.25, -0.2) is 14.8 Å². The molecule has 0 aliphatic heterocycles. The van der Waals surface area contributed by atoms with Gasteiger partial charge in [0, 0.05) is 43.7 Å². The fourth-order valence-electron chi connectivity index (χ4n) is 3.47. The summed E-state index contributed by atoms with van der Waals surface area (Å²) in [5, 5.41) is 10.1. The Kier molecular flexibility index (Phi) is 5.01. The summed E-state index contributed by atoms with van der Waals surface area (Å²) in [5.74, 6) is 1.39. The first-order valence-corrected chi connectivity index (χ1v) is 9.46. The van der Waals surface area contributed by atoms with Crippen LogP contribution in [0.1, 0.15) is 29.2 Å². The molecule has 0 saturated carbocycles. The third-order valence-electron chi connectivity index (χ3n) is 4.87. The summed E-state index contributed by atoms with van der Waals surface area (Å²) in [7, 11) is 1.78. The zero-order valence-electron chi connectivity index (χ0n) is 16.1. The van der Waals surface area contributed by atoms with Gasteiger partial charge in [0.2, 0.25) is 0 Å². The van der Waals surface area contributed by atoms with E-state index in [4.69, 9.17) is 0 Å². The van der Waals surface area contributed by atoms with Crippen LogP contribution in [0.4, 0.5) is 10.6 Å². The topological polar surface area (TPSA) is 97.6 Å². The van der Waals surface area contributed by atoms with Crippen molar-refractivity contribution in [2.75, 3.05) is 11.9 Å². The minimum Gasteiger partial charge on any atom is -0.337 e. The lowest BCUT2D eigenvalue weighted by Gasteiger charge is -2.09. The minimum absolute atomic E-state index is 0.284. The second-order valence-electron chi connectivity index (χ2n) is 6.89. The van der Waals surface area contributed by atoms with Crippen LogP contribution in [-0.4, -0.2) is 37.3 Å². The van der Waals surface area contributed by atoms with E-state index in [1.807, 2.05) is 25.1 Å². The highest BCUT2D eigenvalue weighted by atomic mass is 16.2. The summed E-state index contributed by atoms with van der Waals surface area (Å²) in [6.45, 7) is 2.51. The molecule has 1 aliphatic rings. The Morgan fingerprint density at radius 3 is 2.93 bits per heavy atom. The summed E-state index contributed by atoms with van der Waals surface area (Å²) in [4.78, 5) is 25.7. The summed E-state index contributed by atoms with van der Waals surface area (Å²) >= 11 is 0. The number of aromatic nitrogens is 5. The lowest BCUT2D eigenvalue weighted by Crippen LogP contribution is -2.31. The van der Waals surface area contributed by atoms with Crippen molar-refractivity contribution >= 4 is 11.8 Å². The van der Waals surface area contributed by atoms with Crippen molar-refractivity contribution in [3.63, 3.8) is 0 Å². The molecule has 8 heteroatoms. The van der Waals surface area contributed by atoms with Crippen LogP contribution in [0.5, 0.6) is 0 Å². The number of nitrogens with one attached hydrogen (secondary N) is 2. The number of aryl methyl sites for hydroxylation is 3. The van der Waals surface area contributed by atoms with Crippen LogP contribution in [0, 0.1) is 6.92 Å². The zero-order chi connectivity index (χ0) is 19.5. The number of nitrogens with zero attached hydrogens (tertiary/aromatic N) is 5. The first-order chi connectivity index (χ1) is 13.6. The van der Waals surface area contributed by atoms with Crippen LogP contribution >= 0.6 is 0 Å². The molecule has 2 amide bonds. The van der Waals surface area contributed by atoms with Gasteiger partial charge in [0.25, 0.3) is 0 Å². The molecular weight excluding hydrogens is 354 g/mol. The van der Waals surface area contributed by atoms with Gasteiger partial charge in [-0.2, -0.15) is 5.10 Å². The van der Waals surface area contributed by atoms with Gasteiger partial charge in [0.05, 0.1) is 5.69 Å². The fraction of sp³-hybridized carbons (Fsp3) is 0.350. The van der Waals surface area contributed by atoms with E-state index in [0.717, 1.165) is 36.5 Å². The molecule has 0 fully saturated rings. The second kappa shape index (κ2) is 7.75. The average molecular weight is 377 g/mol. The molecule has 3 aromatic heterocycles. The Hall–Kier alpha value is -3.29. The van der Waals surface area contributed by atoms with Crippen LogP contribution in [0.2, 0.25) is 0 Å². The van der Waals surface area contributed by atoms with Crippen molar-refractivity contribution < 1.29 is 4.79 Å². The highest BCUT2D eigenvalue weighted by Gasteiger charge is 2.17. The monoisotopic (exact) mass is 377 g/mol. The maximum Gasteiger partial charge on any atom is 0.320 e. The number of pyridine rings is 1. The third-order valence-corrected chi connectivity index (χ3v) is 4.87. The lowest BCUT2D eigenvalue weighted by atomic mass is 10.2. The SMILES string of the molecule is Cc1nc(CCNC(=O)Nc2cc(-c3ccccn3)nn2C)nc2c1CCC2. The Labute approximate surface area is 163 Å². The summed E-state index contributed by atoms with van der Waals surface area (Å²) in [6, 6.07) is 7.15. The largest absolute Gasteiger partial charge is 0.337 e. The molecule has 1 aliphatic carbocycles. The molecule has 28 heavy (non-hydrogen) atoms. The number of anilines is 1. The van der Waals surface area contributed by atoms with Gasteiger partial charge in [-0.3, -0.25) is 15.0 Å². The van der Waals surface area contributed by atoms with E-state index >= 15 is 0 Å². The van der Waals surface area contributed by atoms with Crippen molar-refractivity contribution in [1.82, 2.24) is 30.0 Å². The van der Waals surface area contributed by atoms with E-state index < -0.39 is 0 Å². The summed E-state index contributed by atoms with van der Waals surface area (Å²) in [5.41, 5.74) is 5.01. The molecule has 0 bridgehead atoms. The molecule has 0 saturated heterocycles. The number of carbonyl (C=O) groups excluding carboxylic acids is 1. The third kappa shape index (κ3) is 3.85. The first-order valence-electron chi connectivity index (χ1n) is 9.46. The van der Waals surface area contributed by atoms with Crippen molar-refractivity contribution in [3.05, 3.63) is 53.2 Å². The van der Waals surface area contributed by atoms with Gasteiger partial charge in [-0.1, -0.05) is 6.07 Å². The number of urea groups is 1. The van der Waals surface area contributed by atoms with Gasteiger partial charge >= 0.3 is 6.03 Å². The minimum atomic E-state index is -0.284. The molecular formula is C20H23N7O. The number of rotatable bonds is 5. The average Bonchev–Trinajstić information content (AvgIpc) is 3.30. The van der Waals surface area contributed by atoms with E-state index in [2.05, 4.69) is 30.7 Å². The smallest absolute Gasteiger partial charge is 0.320 e. The maximum absolute atomic E-state index is 12.2. The van der Waals surface area contributed by atoms with Crippen LogP contribution in [0.15, 0.2) is 30.5 Å². The van der Waals surface area contributed by atoms with Gasteiger partial charge in [0.1, 0.15) is 17.3 Å². The van der Waals surface area contributed by atoms with Gasteiger partial charge in [-0.05, 0) is 43.9 Å². The Morgan fingerprint density at radius 2 is 2.11 bits per heavy atom. The number of carbonyl (C=O) groups is 1. The van der Waals surface area contributed by atoms with Crippen molar-refractivity contribution in [2.24, 2.45) is 7.05 Å². The molecule has 0 atom stereocenters. The van der Waals surface area contributed by atoms with Crippen molar-refractivity contribution in [2.45, 2.75) is 32.6 Å². The van der Waals surface area contributed by atoms with Gasteiger partial charge < -0.3 is 5.32 Å². The highest BCUT2D eigenvalue weighted by molar-refractivity contribution is 5.88.